The van der Waals surface area contributed by atoms with Crippen LogP contribution in [0.2, 0.25) is 0 Å². The highest BCUT2D eigenvalue weighted by Gasteiger charge is 2.07. The van der Waals surface area contributed by atoms with Gasteiger partial charge in [0.2, 0.25) is 0 Å². The molecule has 0 amide bonds. The first-order valence-electron chi connectivity index (χ1n) is 6.02. The summed E-state index contributed by atoms with van der Waals surface area (Å²) >= 11 is 0. The van der Waals surface area contributed by atoms with E-state index in [9.17, 15) is 0 Å². The Morgan fingerprint density at radius 3 is 2.72 bits per heavy atom. The third kappa shape index (κ3) is 4.02. The van der Waals surface area contributed by atoms with Gasteiger partial charge in [-0.05, 0) is 39.2 Å². The maximum absolute atomic E-state index is 8.89. The Labute approximate surface area is 109 Å². The van der Waals surface area contributed by atoms with E-state index in [1.807, 2.05) is 12.1 Å². The molecule has 0 aliphatic carbocycles. The third-order valence-electron chi connectivity index (χ3n) is 3.05. The fourth-order valence-electron chi connectivity index (χ4n) is 1.58. The lowest BCUT2D eigenvalue weighted by molar-refractivity contribution is 0.302. The SMILES string of the molecule is COc1ccc(C#N)cc1CNCC(C)N(C)C. The average Bonchev–Trinajstić information content (AvgIpc) is 2.38. The summed E-state index contributed by atoms with van der Waals surface area (Å²) in [6.45, 7) is 3.76. The average molecular weight is 247 g/mol. The van der Waals surface area contributed by atoms with Crippen molar-refractivity contribution >= 4 is 0 Å². The zero-order valence-electron chi connectivity index (χ0n) is 11.5. The molecule has 0 aromatic heterocycles. The fourth-order valence-corrected chi connectivity index (χ4v) is 1.58. The molecular formula is C14H21N3O. The molecule has 0 spiro atoms. The van der Waals surface area contributed by atoms with E-state index in [4.69, 9.17) is 10.00 Å². The largest absolute Gasteiger partial charge is 0.496 e. The van der Waals surface area contributed by atoms with E-state index in [1.165, 1.54) is 0 Å². The van der Waals surface area contributed by atoms with Crippen LogP contribution >= 0.6 is 0 Å². The maximum Gasteiger partial charge on any atom is 0.123 e. The highest BCUT2D eigenvalue weighted by Crippen LogP contribution is 2.19. The molecule has 1 unspecified atom stereocenters. The van der Waals surface area contributed by atoms with Crippen LogP contribution in [0.25, 0.3) is 0 Å². The molecule has 0 saturated heterocycles. The van der Waals surface area contributed by atoms with Crippen LogP contribution in [-0.2, 0) is 6.54 Å². The van der Waals surface area contributed by atoms with Gasteiger partial charge < -0.3 is 15.0 Å². The number of likely N-dealkylation sites (N-methyl/N-ethyl adjacent to an activating group) is 1. The number of methoxy groups -OCH3 is 1. The van der Waals surface area contributed by atoms with Gasteiger partial charge in [-0.2, -0.15) is 5.26 Å². The van der Waals surface area contributed by atoms with Crippen molar-refractivity contribution in [2.24, 2.45) is 0 Å². The zero-order valence-corrected chi connectivity index (χ0v) is 11.5. The van der Waals surface area contributed by atoms with Gasteiger partial charge in [0, 0.05) is 24.7 Å². The minimum absolute atomic E-state index is 0.468. The van der Waals surface area contributed by atoms with E-state index in [0.717, 1.165) is 17.9 Å². The number of nitrogens with zero attached hydrogens (tertiary/aromatic N) is 2. The summed E-state index contributed by atoms with van der Waals surface area (Å²) in [4.78, 5) is 2.16. The highest BCUT2D eigenvalue weighted by molar-refractivity contribution is 5.41. The Balaban J connectivity index is 2.63. The van der Waals surface area contributed by atoms with Crippen LogP contribution in [0, 0.1) is 11.3 Å². The molecule has 0 bridgehead atoms. The van der Waals surface area contributed by atoms with Crippen molar-refractivity contribution in [1.82, 2.24) is 10.2 Å². The number of hydrogen-bond donors (Lipinski definition) is 1. The molecule has 1 rings (SSSR count). The van der Waals surface area contributed by atoms with Crippen LogP contribution < -0.4 is 10.1 Å². The third-order valence-corrected chi connectivity index (χ3v) is 3.05. The smallest absolute Gasteiger partial charge is 0.123 e. The number of hydrogen-bond acceptors (Lipinski definition) is 4. The molecular weight excluding hydrogens is 226 g/mol. The molecule has 0 fully saturated rings. The predicted octanol–water partition coefficient (Wildman–Crippen LogP) is 1.61. The van der Waals surface area contributed by atoms with E-state index in [2.05, 4.69) is 37.3 Å². The van der Waals surface area contributed by atoms with Crippen LogP contribution in [-0.4, -0.2) is 38.7 Å². The van der Waals surface area contributed by atoms with Gasteiger partial charge in [-0.1, -0.05) is 0 Å². The van der Waals surface area contributed by atoms with Crippen molar-refractivity contribution < 1.29 is 4.74 Å². The Morgan fingerprint density at radius 2 is 2.17 bits per heavy atom. The Morgan fingerprint density at radius 1 is 1.44 bits per heavy atom. The van der Waals surface area contributed by atoms with Crippen LogP contribution in [0.4, 0.5) is 0 Å². The van der Waals surface area contributed by atoms with Gasteiger partial charge in [0.15, 0.2) is 0 Å². The molecule has 0 aliphatic rings. The second kappa shape index (κ2) is 7.00. The molecule has 98 valence electrons. The summed E-state index contributed by atoms with van der Waals surface area (Å²) in [5.41, 5.74) is 1.68. The lowest BCUT2D eigenvalue weighted by Gasteiger charge is -2.20. The van der Waals surface area contributed by atoms with Crippen LogP contribution in [0.3, 0.4) is 0 Å². The number of nitriles is 1. The molecule has 18 heavy (non-hydrogen) atoms. The molecule has 0 aliphatic heterocycles. The Hall–Kier alpha value is -1.57. The normalized spacial score (nSPS) is 12.2. The summed E-state index contributed by atoms with van der Waals surface area (Å²) in [6.07, 6.45) is 0. The van der Waals surface area contributed by atoms with Gasteiger partial charge in [0.1, 0.15) is 5.75 Å². The summed E-state index contributed by atoms with van der Waals surface area (Å²) in [6, 6.07) is 8.09. The first-order chi connectivity index (χ1) is 8.58. The topological polar surface area (TPSA) is 48.3 Å². The summed E-state index contributed by atoms with van der Waals surface area (Å²) < 4.78 is 5.29. The van der Waals surface area contributed by atoms with E-state index < -0.39 is 0 Å². The molecule has 4 nitrogen and oxygen atoms in total. The van der Waals surface area contributed by atoms with Crippen molar-refractivity contribution in [3.8, 4) is 11.8 Å². The molecule has 1 aromatic rings. The summed E-state index contributed by atoms with van der Waals surface area (Å²) in [5.74, 6) is 0.819. The van der Waals surface area contributed by atoms with Gasteiger partial charge in [-0.15, -0.1) is 0 Å². The molecule has 0 heterocycles. The minimum atomic E-state index is 0.468. The second-order valence-electron chi connectivity index (χ2n) is 4.58. The van der Waals surface area contributed by atoms with Crippen molar-refractivity contribution in [2.45, 2.75) is 19.5 Å². The lowest BCUT2D eigenvalue weighted by Crippen LogP contribution is -2.35. The van der Waals surface area contributed by atoms with E-state index in [1.54, 1.807) is 13.2 Å². The Bertz CT molecular complexity index is 424. The molecule has 1 N–H and O–H groups in total. The highest BCUT2D eigenvalue weighted by atomic mass is 16.5. The van der Waals surface area contributed by atoms with Gasteiger partial charge in [0.05, 0.1) is 18.7 Å². The first-order valence-corrected chi connectivity index (χ1v) is 6.02. The van der Waals surface area contributed by atoms with Crippen molar-refractivity contribution in [1.29, 1.82) is 5.26 Å². The predicted molar refractivity (Wildman–Crippen MR) is 72.6 cm³/mol. The number of ether oxygens (including phenoxy) is 1. The van der Waals surface area contributed by atoms with E-state index >= 15 is 0 Å². The van der Waals surface area contributed by atoms with Crippen molar-refractivity contribution in [3.63, 3.8) is 0 Å². The molecule has 1 atom stereocenters. The lowest BCUT2D eigenvalue weighted by atomic mass is 10.1. The Kier molecular flexibility index (Phi) is 5.63. The molecule has 0 saturated carbocycles. The molecule has 0 radical (unpaired) electrons. The second-order valence-corrected chi connectivity index (χ2v) is 4.58. The van der Waals surface area contributed by atoms with Gasteiger partial charge in [0.25, 0.3) is 0 Å². The van der Waals surface area contributed by atoms with Crippen LogP contribution in [0.1, 0.15) is 18.1 Å². The molecule has 1 aromatic carbocycles. The minimum Gasteiger partial charge on any atom is -0.496 e. The number of benzene rings is 1. The monoisotopic (exact) mass is 247 g/mol. The maximum atomic E-state index is 8.89. The first kappa shape index (κ1) is 14.5. The van der Waals surface area contributed by atoms with Crippen molar-refractivity contribution in [2.75, 3.05) is 27.7 Å². The van der Waals surface area contributed by atoms with E-state index in [0.29, 0.717) is 18.2 Å². The van der Waals surface area contributed by atoms with E-state index in [-0.39, 0.29) is 0 Å². The van der Waals surface area contributed by atoms with Crippen molar-refractivity contribution in [3.05, 3.63) is 29.3 Å². The standard InChI is InChI=1S/C14H21N3O/c1-11(17(2)3)9-16-10-13-7-12(8-15)5-6-14(13)18-4/h5-7,11,16H,9-10H2,1-4H3. The quantitative estimate of drug-likeness (QED) is 0.829. The number of nitrogens with one attached hydrogen (secondary N) is 1. The fraction of sp³-hybridized carbons (Fsp3) is 0.500. The summed E-state index contributed by atoms with van der Waals surface area (Å²) in [7, 11) is 5.76. The molecule has 4 heteroatoms. The summed E-state index contributed by atoms with van der Waals surface area (Å²) in [5, 5.41) is 12.3. The van der Waals surface area contributed by atoms with Crippen LogP contribution in [0.15, 0.2) is 18.2 Å². The van der Waals surface area contributed by atoms with Gasteiger partial charge >= 0.3 is 0 Å². The van der Waals surface area contributed by atoms with Gasteiger partial charge in [-0.3, -0.25) is 0 Å². The van der Waals surface area contributed by atoms with Gasteiger partial charge in [-0.25, -0.2) is 0 Å². The zero-order chi connectivity index (χ0) is 13.5. The number of rotatable bonds is 6. The van der Waals surface area contributed by atoms with Crippen LogP contribution in [0.5, 0.6) is 5.75 Å².